The zero-order chi connectivity index (χ0) is 20.1. The van der Waals surface area contributed by atoms with E-state index in [0.717, 1.165) is 43.5 Å². The second kappa shape index (κ2) is 9.04. The maximum atomic E-state index is 13.3. The predicted octanol–water partition coefficient (Wildman–Crippen LogP) is 3.41. The van der Waals surface area contributed by atoms with Gasteiger partial charge >= 0.3 is 0 Å². The van der Waals surface area contributed by atoms with Crippen LogP contribution in [0.4, 0.5) is 0 Å². The third-order valence-electron chi connectivity index (χ3n) is 5.40. The summed E-state index contributed by atoms with van der Waals surface area (Å²) < 4.78 is 1.96. The molecule has 1 aliphatic rings. The molecule has 1 aromatic carbocycles. The fourth-order valence-corrected chi connectivity index (χ4v) is 3.55. The Hall–Kier alpha value is -2.63. The quantitative estimate of drug-likeness (QED) is 0.798. The van der Waals surface area contributed by atoms with Gasteiger partial charge in [-0.3, -0.25) is 9.59 Å². The van der Waals surface area contributed by atoms with Crippen molar-refractivity contribution in [1.29, 1.82) is 0 Å². The summed E-state index contributed by atoms with van der Waals surface area (Å²) in [6, 6.07) is 10.0. The van der Waals surface area contributed by atoms with E-state index in [4.69, 9.17) is 0 Å². The molecule has 1 atom stereocenters. The summed E-state index contributed by atoms with van der Waals surface area (Å²) in [6.45, 7) is 7.84. The lowest BCUT2D eigenvalue weighted by atomic mass is 10.1. The van der Waals surface area contributed by atoms with E-state index < -0.39 is 0 Å². The molecular formula is C22H30N4O2. The van der Waals surface area contributed by atoms with Crippen molar-refractivity contribution < 1.29 is 9.59 Å². The second-order valence-electron chi connectivity index (χ2n) is 7.43. The van der Waals surface area contributed by atoms with E-state index in [-0.39, 0.29) is 17.9 Å². The summed E-state index contributed by atoms with van der Waals surface area (Å²) in [5, 5.41) is 2.99. The molecular weight excluding hydrogens is 352 g/mol. The maximum Gasteiger partial charge on any atom is 0.290 e. The van der Waals surface area contributed by atoms with Gasteiger partial charge in [-0.1, -0.05) is 37.3 Å². The number of amides is 2. The number of imidazole rings is 1. The zero-order valence-corrected chi connectivity index (χ0v) is 17.1. The van der Waals surface area contributed by atoms with Gasteiger partial charge in [0, 0.05) is 25.7 Å². The van der Waals surface area contributed by atoms with Crippen LogP contribution in [0, 0.1) is 0 Å². The highest BCUT2D eigenvalue weighted by atomic mass is 16.2. The van der Waals surface area contributed by atoms with Gasteiger partial charge in [-0.15, -0.1) is 0 Å². The molecule has 6 heteroatoms. The average Bonchev–Trinajstić information content (AvgIpc) is 3.12. The van der Waals surface area contributed by atoms with E-state index >= 15 is 0 Å². The van der Waals surface area contributed by atoms with Gasteiger partial charge in [-0.25, -0.2) is 4.98 Å². The Morgan fingerprint density at radius 3 is 2.64 bits per heavy atom. The lowest BCUT2D eigenvalue weighted by Gasteiger charge is -2.22. The molecule has 1 aliphatic heterocycles. The third-order valence-corrected chi connectivity index (χ3v) is 5.40. The number of aromatic nitrogens is 2. The van der Waals surface area contributed by atoms with Crippen LogP contribution in [0.5, 0.6) is 0 Å². The van der Waals surface area contributed by atoms with E-state index in [2.05, 4.69) is 10.3 Å². The molecule has 0 saturated heterocycles. The first-order valence-corrected chi connectivity index (χ1v) is 10.3. The van der Waals surface area contributed by atoms with Crippen molar-refractivity contribution in [2.45, 2.75) is 65.6 Å². The number of nitrogens with one attached hydrogen (secondary N) is 1. The van der Waals surface area contributed by atoms with Crippen LogP contribution in [0.1, 0.15) is 72.4 Å². The first-order chi connectivity index (χ1) is 13.5. The van der Waals surface area contributed by atoms with Crippen molar-refractivity contribution >= 4 is 11.8 Å². The van der Waals surface area contributed by atoms with E-state index in [9.17, 15) is 9.59 Å². The zero-order valence-electron chi connectivity index (χ0n) is 17.1. The van der Waals surface area contributed by atoms with Crippen molar-refractivity contribution in [2.24, 2.45) is 0 Å². The molecule has 1 unspecified atom stereocenters. The normalized spacial score (nSPS) is 14.2. The number of fused-ring (bicyclic) bond motifs is 1. The number of nitrogens with zero attached hydrogens (tertiary/aromatic N) is 3. The minimum Gasteiger partial charge on any atom is -0.348 e. The molecule has 2 heterocycles. The largest absolute Gasteiger partial charge is 0.348 e. The van der Waals surface area contributed by atoms with E-state index in [1.165, 1.54) is 0 Å². The first kappa shape index (κ1) is 20.1. The smallest absolute Gasteiger partial charge is 0.290 e. The first-order valence-electron chi connectivity index (χ1n) is 10.3. The van der Waals surface area contributed by atoms with E-state index in [1.807, 2.05) is 55.7 Å². The monoisotopic (exact) mass is 382 g/mol. The molecule has 0 radical (unpaired) electrons. The summed E-state index contributed by atoms with van der Waals surface area (Å²) in [7, 11) is 0. The Labute approximate surface area is 166 Å². The highest BCUT2D eigenvalue weighted by Crippen LogP contribution is 2.23. The van der Waals surface area contributed by atoms with Gasteiger partial charge < -0.3 is 14.8 Å². The van der Waals surface area contributed by atoms with Crippen LogP contribution in [-0.2, 0) is 19.5 Å². The molecule has 3 rings (SSSR count). The Morgan fingerprint density at radius 1 is 1.21 bits per heavy atom. The SMILES string of the molecule is CCC(C)NC(=O)c1nc(C(=O)N(CC)Cc2ccccc2)n2c1CCCC2. The Kier molecular flexibility index (Phi) is 6.49. The van der Waals surface area contributed by atoms with Crippen LogP contribution >= 0.6 is 0 Å². The fourth-order valence-electron chi connectivity index (χ4n) is 3.55. The number of carbonyl (C=O) groups excluding carboxylic acids is 2. The minimum atomic E-state index is -0.176. The highest BCUT2D eigenvalue weighted by Gasteiger charge is 2.29. The van der Waals surface area contributed by atoms with Gasteiger partial charge in [0.1, 0.15) is 5.69 Å². The predicted molar refractivity (Wildman–Crippen MR) is 109 cm³/mol. The molecule has 1 N–H and O–H groups in total. The van der Waals surface area contributed by atoms with Crippen LogP contribution in [0.3, 0.4) is 0 Å². The molecule has 6 nitrogen and oxygen atoms in total. The van der Waals surface area contributed by atoms with Crippen molar-refractivity contribution in [3.8, 4) is 0 Å². The van der Waals surface area contributed by atoms with Gasteiger partial charge in [0.25, 0.3) is 11.8 Å². The molecule has 0 bridgehead atoms. The molecule has 0 spiro atoms. The Morgan fingerprint density at radius 2 is 1.96 bits per heavy atom. The van der Waals surface area contributed by atoms with Crippen molar-refractivity contribution in [2.75, 3.05) is 6.54 Å². The third kappa shape index (κ3) is 4.26. The Balaban J connectivity index is 1.89. The topological polar surface area (TPSA) is 67.2 Å². The fraction of sp³-hybridized carbons (Fsp3) is 0.500. The van der Waals surface area contributed by atoms with Gasteiger partial charge in [-0.05, 0) is 45.1 Å². The summed E-state index contributed by atoms with van der Waals surface area (Å²) in [6.07, 6.45) is 3.66. The summed E-state index contributed by atoms with van der Waals surface area (Å²) in [4.78, 5) is 32.4. The van der Waals surface area contributed by atoms with Crippen molar-refractivity contribution in [3.05, 3.63) is 53.1 Å². The lowest BCUT2D eigenvalue weighted by Crippen LogP contribution is -2.33. The van der Waals surface area contributed by atoms with Crippen LogP contribution < -0.4 is 5.32 Å². The summed E-state index contributed by atoms with van der Waals surface area (Å²) in [5.74, 6) is 0.101. The standard InChI is InChI=1S/C22H30N4O2/c1-4-16(3)23-21(27)19-18-13-9-10-14-26(18)20(24-19)22(28)25(5-2)15-17-11-7-6-8-12-17/h6-8,11-12,16H,4-5,9-10,13-15H2,1-3H3,(H,23,27). The van der Waals surface area contributed by atoms with E-state index in [1.54, 1.807) is 4.90 Å². The van der Waals surface area contributed by atoms with Gasteiger partial charge in [0.05, 0.1) is 5.69 Å². The molecule has 0 fully saturated rings. The number of benzene rings is 1. The minimum absolute atomic E-state index is 0.0813. The molecule has 150 valence electrons. The number of carbonyl (C=O) groups is 2. The highest BCUT2D eigenvalue weighted by molar-refractivity contribution is 5.97. The van der Waals surface area contributed by atoms with Crippen LogP contribution in [0.25, 0.3) is 0 Å². The van der Waals surface area contributed by atoms with Crippen LogP contribution in [-0.4, -0.2) is 38.9 Å². The number of hydrogen-bond donors (Lipinski definition) is 1. The average molecular weight is 383 g/mol. The summed E-state index contributed by atoms with van der Waals surface area (Å²) >= 11 is 0. The van der Waals surface area contributed by atoms with Gasteiger partial charge in [0.15, 0.2) is 5.82 Å². The number of hydrogen-bond acceptors (Lipinski definition) is 3. The summed E-state index contributed by atoms with van der Waals surface area (Å²) in [5.41, 5.74) is 2.39. The van der Waals surface area contributed by atoms with Gasteiger partial charge in [-0.2, -0.15) is 0 Å². The molecule has 2 amide bonds. The Bertz CT molecular complexity index is 829. The van der Waals surface area contributed by atoms with Crippen LogP contribution in [0.2, 0.25) is 0 Å². The molecule has 1 aromatic heterocycles. The van der Waals surface area contributed by atoms with Crippen LogP contribution in [0.15, 0.2) is 30.3 Å². The van der Waals surface area contributed by atoms with Crippen molar-refractivity contribution in [1.82, 2.24) is 19.8 Å². The molecule has 2 aromatic rings. The molecule has 28 heavy (non-hydrogen) atoms. The molecule has 0 aliphatic carbocycles. The van der Waals surface area contributed by atoms with E-state index in [0.29, 0.717) is 24.6 Å². The van der Waals surface area contributed by atoms with Gasteiger partial charge in [0.2, 0.25) is 0 Å². The second-order valence-corrected chi connectivity index (χ2v) is 7.43. The lowest BCUT2D eigenvalue weighted by molar-refractivity contribution is 0.0734. The van der Waals surface area contributed by atoms with Crippen molar-refractivity contribution in [3.63, 3.8) is 0 Å². The number of rotatable bonds is 7. The molecule has 0 saturated carbocycles. The maximum absolute atomic E-state index is 13.3.